The topological polar surface area (TPSA) is 87.7 Å². The molecule has 7 nitrogen and oxygen atoms in total. The minimum Gasteiger partial charge on any atom is -0.352 e. The lowest BCUT2D eigenvalue weighted by atomic mass is 9.77. The van der Waals surface area contributed by atoms with Gasteiger partial charge in [-0.3, -0.25) is 4.79 Å². The predicted molar refractivity (Wildman–Crippen MR) is 114 cm³/mol. The van der Waals surface area contributed by atoms with Crippen molar-refractivity contribution in [2.75, 3.05) is 0 Å². The first-order chi connectivity index (χ1) is 12.8. The van der Waals surface area contributed by atoms with Crippen LogP contribution < -0.4 is 10.6 Å². The third-order valence-corrected chi connectivity index (χ3v) is 6.70. The molecule has 2 fully saturated rings. The lowest BCUT2D eigenvalue weighted by Gasteiger charge is -2.53. The summed E-state index contributed by atoms with van der Waals surface area (Å²) in [5.74, 6) is -0.0458. The molecule has 3 N–H and O–H groups in total. The minimum atomic E-state index is -0.753. The molecule has 0 aromatic rings. The number of hydroxylamine groups is 4. The molecule has 2 rings (SSSR count). The molecule has 0 bridgehead atoms. The molecule has 7 heteroatoms. The van der Waals surface area contributed by atoms with Gasteiger partial charge in [0.25, 0.3) is 0 Å². The molecular formula is C22H43N4O3. The first-order valence-corrected chi connectivity index (χ1v) is 10.9. The maximum Gasteiger partial charge on any atom is 0.239 e. The number of hydrogen-bond donors (Lipinski definition) is 3. The Hall–Kier alpha value is -0.730. The summed E-state index contributed by atoms with van der Waals surface area (Å²) >= 11 is 0. The fourth-order valence-electron chi connectivity index (χ4n) is 5.68. The van der Waals surface area contributed by atoms with Crippen molar-refractivity contribution < 1.29 is 15.2 Å². The second-order valence-electron chi connectivity index (χ2n) is 12.3. The Labute approximate surface area is 177 Å². The predicted octanol–water partition coefficient (Wildman–Crippen LogP) is 3.25. The molecule has 0 atom stereocenters. The van der Waals surface area contributed by atoms with Gasteiger partial charge in [0.1, 0.15) is 0 Å². The van der Waals surface area contributed by atoms with Crippen LogP contribution in [0.5, 0.6) is 0 Å². The molecule has 0 aromatic carbocycles. The van der Waals surface area contributed by atoms with Crippen molar-refractivity contribution in [3.63, 3.8) is 0 Å². The normalized spacial score (nSPS) is 28.3. The summed E-state index contributed by atoms with van der Waals surface area (Å²) in [6.45, 7) is 19.7. The van der Waals surface area contributed by atoms with Crippen LogP contribution in [-0.2, 0) is 10.0 Å². The number of hydrogen-bond acceptors (Lipinski definition) is 5. The zero-order chi connectivity index (χ0) is 22.6. The van der Waals surface area contributed by atoms with Gasteiger partial charge in [-0.25, -0.2) is 0 Å². The first-order valence-electron chi connectivity index (χ1n) is 10.9. The summed E-state index contributed by atoms with van der Waals surface area (Å²) in [6.07, 6.45) is 2.76. The van der Waals surface area contributed by atoms with Gasteiger partial charge < -0.3 is 15.8 Å². The van der Waals surface area contributed by atoms with Crippen molar-refractivity contribution in [3.8, 4) is 0 Å². The molecule has 0 spiro atoms. The molecule has 169 valence electrons. The van der Waals surface area contributed by atoms with Gasteiger partial charge in [-0.2, -0.15) is 5.06 Å². The standard InChI is InChI=1S/C22H43N4O3/c1-18(2)11-15(12-19(3,4)25(18)28)23-17(27)22(9,10)24-16-13-20(5,6)26(29)21(7,8)14-16/h15-16,24,29H,11-14H2,1-10H3,(H,23,27). The van der Waals surface area contributed by atoms with E-state index in [0.717, 1.165) is 12.8 Å². The number of carbonyl (C=O) groups is 1. The highest BCUT2D eigenvalue weighted by Gasteiger charge is 2.49. The molecule has 2 aliphatic rings. The molecule has 0 saturated carbocycles. The zero-order valence-corrected chi connectivity index (χ0v) is 20.1. The van der Waals surface area contributed by atoms with Crippen LogP contribution in [0.3, 0.4) is 0 Å². The van der Waals surface area contributed by atoms with Crippen LogP contribution in [0, 0.1) is 0 Å². The molecule has 2 heterocycles. The maximum atomic E-state index is 13.2. The second-order valence-corrected chi connectivity index (χ2v) is 12.3. The van der Waals surface area contributed by atoms with E-state index in [1.165, 1.54) is 10.1 Å². The minimum absolute atomic E-state index is 0.0362. The molecule has 1 radical (unpaired) electrons. The van der Waals surface area contributed by atoms with Crippen LogP contribution in [0.4, 0.5) is 0 Å². The molecule has 2 aliphatic heterocycles. The number of amides is 1. The summed E-state index contributed by atoms with van der Waals surface area (Å²) in [5, 5.41) is 32.5. The van der Waals surface area contributed by atoms with E-state index in [4.69, 9.17) is 0 Å². The molecule has 0 unspecified atom stereocenters. The Morgan fingerprint density at radius 2 is 1.21 bits per heavy atom. The van der Waals surface area contributed by atoms with Crippen molar-refractivity contribution in [2.45, 2.75) is 135 Å². The summed E-state index contributed by atoms with van der Waals surface area (Å²) in [5.41, 5.74) is -2.53. The van der Waals surface area contributed by atoms with Crippen LogP contribution in [0.2, 0.25) is 0 Å². The Balaban J connectivity index is 2.07. The van der Waals surface area contributed by atoms with Crippen LogP contribution in [0.1, 0.15) is 94.9 Å². The smallest absolute Gasteiger partial charge is 0.239 e. The summed E-state index contributed by atoms with van der Waals surface area (Å²) in [7, 11) is 0. The highest BCUT2D eigenvalue weighted by Crippen LogP contribution is 2.38. The third kappa shape index (κ3) is 5.13. The van der Waals surface area contributed by atoms with Gasteiger partial charge in [-0.15, -0.1) is 10.3 Å². The van der Waals surface area contributed by atoms with Crippen molar-refractivity contribution in [1.82, 2.24) is 20.8 Å². The van der Waals surface area contributed by atoms with E-state index in [2.05, 4.69) is 10.6 Å². The Morgan fingerprint density at radius 3 is 1.62 bits per heavy atom. The SMILES string of the molecule is CC(C)(NC1CC(C)(C)N(O)C(C)(C)C1)C(=O)NC1CC(C)(C)N([O])C(C)(C)C1. The average Bonchev–Trinajstić information content (AvgIpc) is 2.48. The van der Waals surface area contributed by atoms with Gasteiger partial charge in [-0.1, -0.05) is 0 Å². The van der Waals surface area contributed by atoms with Crippen molar-refractivity contribution in [3.05, 3.63) is 0 Å². The van der Waals surface area contributed by atoms with Gasteiger partial charge in [0.05, 0.1) is 5.54 Å². The Kier molecular flexibility index (Phi) is 6.30. The monoisotopic (exact) mass is 411 g/mol. The summed E-state index contributed by atoms with van der Waals surface area (Å²) in [6, 6.07) is 0.0754. The van der Waals surface area contributed by atoms with Crippen LogP contribution in [-0.4, -0.2) is 61.0 Å². The van der Waals surface area contributed by atoms with Crippen molar-refractivity contribution >= 4 is 5.91 Å². The van der Waals surface area contributed by atoms with Crippen molar-refractivity contribution in [2.24, 2.45) is 0 Å². The molecular weight excluding hydrogens is 368 g/mol. The van der Waals surface area contributed by atoms with Gasteiger partial charge in [-0.05, 0) is 94.9 Å². The lowest BCUT2D eigenvalue weighted by Crippen LogP contribution is -2.67. The maximum absolute atomic E-state index is 13.2. The Morgan fingerprint density at radius 1 is 0.828 bits per heavy atom. The molecule has 2 saturated heterocycles. The molecule has 1 amide bonds. The Bertz CT molecular complexity index is 592. The highest BCUT2D eigenvalue weighted by molar-refractivity contribution is 5.85. The van der Waals surface area contributed by atoms with E-state index < -0.39 is 16.6 Å². The van der Waals surface area contributed by atoms with Crippen LogP contribution in [0.25, 0.3) is 0 Å². The fraction of sp³-hybridized carbons (Fsp3) is 0.955. The quantitative estimate of drug-likeness (QED) is 0.661. The number of carbonyl (C=O) groups excluding carboxylic acids is 1. The highest BCUT2D eigenvalue weighted by atomic mass is 16.5. The summed E-state index contributed by atoms with van der Waals surface area (Å²) in [4.78, 5) is 13.2. The van der Waals surface area contributed by atoms with Gasteiger partial charge in [0.2, 0.25) is 5.91 Å². The number of piperidine rings is 2. The van der Waals surface area contributed by atoms with Gasteiger partial charge in [0, 0.05) is 34.2 Å². The number of nitrogens with zero attached hydrogens (tertiary/aromatic N) is 2. The largest absolute Gasteiger partial charge is 0.352 e. The van der Waals surface area contributed by atoms with E-state index in [1.807, 2.05) is 69.2 Å². The molecule has 0 aromatic heterocycles. The second kappa shape index (κ2) is 7.45. The molecule has 29 heavy (non-hydrogen) atoms. The van der Waals surface area contributed by atoms with E-state index >= 15 is 0 Å². The van der Waals surface area contributed by atoms with Gasteiger partial charge in [0.15, 0.2) is 0 Å². The average molecular weight is 412 g/mol. The number of rotatable bonds is 4. The van der Waals surface area contributed by atoms with E-state index in [1.54, 1.807) is 0 Å². The van der Waals surface area contributed by atoms with E-state index in [0.29, 0.717) is 12.8 Å². The fourth-order valence-corrected chi connectivity index (χ4v) is 5.68. The third-order valence-electron chi connectivity index (χ3n) is 6.70. The van der Waals surface area contributed by atoms with E-state index in [9.17, 15) is 15.2 Å². The summed E-state index contributed by atoms with van der Waals surface area (Å²) < 4.78 is 0. The van der Waals surface area contributed by atoms with E-state index in [-0.39, 0.29) is 29.1 Å². The molecule has 0 aliphatic carbocycles. The lowest BCUT2D eigenvalue weighted by molar-refractivity contribution is -0.290. The van der Waals surface area contributed by atoms with Crippen LogP contribution >= 0.6 is 0 Å². The number of nitrogens with one attached hydrogen (secondary N) is 2. The van der Waals surface area contributed by atoms with Gasteiger partial charge >= 0.3 is 0 Å². The van der Waals surface area contributed by atoms with Crippen LogP contribution in [0.15, 0.2) is 0 Å². The zero-order valence-electron chi connectivity index (χ0n) is 20.1. The van der Waals surface area contributed by atoms with Crippen molar-refractivity contribution in [1.29, 1.82) is 0 Å². The first kappa shape index (κ1) is 24.5.